The van der Waals surface area contributed by atoms with Crippen molar-refractivity contribution in [3.8, 4) is 11.5 Å². The Bertz CT molecular complexity index is 466. The summed E-state index contributed by atoms with van der Waals surface area (Å²) in [6, 6.07) is 5.53. The summed E-state index contributed by atoms with van der Waals surface area (Å²) in [5.74, 6) is 1.39. The highest BCUT2D eigenvalue weighted by molar-refractivity contribution is 5.98. The van der Waals surface area contributed by atoms with E-state index < -0.39 is 0 Å². The van der Waals surface area contributed by atoms with Crippen molar-refractivity contribution in [2.24, 2.45) is 5.41 Å². The average molecular weight is 233 g/mol. The van der Waals surface area contributed by atoms with E-state index in [1.54, 1.807) is 7.11 Å². The fraction of sp³-hybridized carbons (Fsp3) is 0.462. The van der Waals surface area contributed by atoms with E-state index in [-0.39, 0.29) is 11.3 Å². The molecular formula is C13H15NO3. The van der Waals surface area contributed by atoms with Gasteiger partial charge in [-0.05, 0) is 25.0 Å². The molecule has 0 bridgehead atoms. The van der Waals surface area contributed by atoms with Crippen LogP contribution in [0.1, 0.15) is 19.3 Å². The van der Waals surface area contributed by atoms with E-state index in [1.165, 1.54) is 0 Å². The molecule has 3 rings (SSSR count). The molecule has 4 heteroatoms. The van der Waals surface area contributed by atoms with Gasteiger partial charge in [-0.3, -0.25) is 4.79 Å². The molecule has 90 valence electrons. The van der Waals surface area contributed by atoms with Gasteiger partial charge >= 0.3 is 0 Å². The first-order valence-electron chi connectivity index (χ1n) is 5.86. The number of fused-ring (bicyclic) bond motifs is 1. The van der Waals surface area contributed by atoms with Gasteiger partial charge in [0.05, 0.1) is 18.2 Å². The van der Waals surface area contributed by atoms with Crippen molar-refractivity contribution >= 4 is 11.6 Å². The first kappa shape index (κ1) is 10.4. The fourth-order valence-electron chi connectivity index (χ4n) is 2.43. The number of para-hydroxylation sites is 1. The molecule has 4 nitrogen and oxygen atoms in total. The second kappa shape index (κ2) is 3.65. The first-order chi connectivity index (χ1) is 8.25. The predicted molar refractivity (Wildman–Crippen MR) is 63.4 cm³/mol. The number of methoxy groups -OCH3 is 1. The van der Waals surface area contributed by atoms with Crippen LogP contribution in [0.2, 0.25) is 0 Å². The lowest BCUT2D eigenvalue weighted by atomic mass is 9.69. The monoisotopic (exact) mass is 233 g/mol. The van der Waals surface area contributed by atoms with Gasteiger partial charge in [-0.15, -0.1) is 0 Å². The topological polar surface area (TPSA) is 47.6 Å². The van der Waals surface area contributed by atoms with Gasteiger partial charge in [0, 0.05) is 0 Å². The van der Waals surface area contributed by atoms with Crippen molar-refractivity contribution in [1.29, 1.82) is 0 Å². The third-order valence-electron chi connectivity index (χ3n) is 3.73. The van der Waals surface area contributed by atoms with Crippen molar-refractivity contribution in [1.82, 2.24) is 0 Å². The smallest absolute Gasteiger partial charge is 0.234 e. The average Bonchev–Trinajstić information content (AvgIpc) is 2.43. The summed E-state index contributed by atoms with van der Waals surface area (Å²) < 4.78 is 11.0. The molecule has 1 aliphatic heterocycles. The molecule has 1 aliphatic carbocycles. The highest BCUT2D eigenvalue weighted by Gasteiger charge is 2.46. The number of carbonyl (C=O) groups excluding carboxylic acids is 1. The maximum atomic E-state index is 12.1. The van der Waals surface area contributed by atoms with E-state index in [9.17, 15) is 4.79 Å². The number of nitrogens with one attached hydrogen (secondary N) is 1. The summed E-state index contributed by atoms with van der Waals surface area (Å²) in [6.45, 7) is 0.451. The Kier molecular flexibility index (Phi) is 2.24. The second-order valence-electron chi connectivity index (χ2n) is 4.71. The fourth-order valence-corrected chi connectivity index (χ4v) is 2.43. The normalized spacial score (nSPS) is 20.6. The number of carbonyl (C=O) groups is 1. The van der Waals surface area contributed by atoms with Gasteiger partial charge < -0.3 is 14.8 Å². The van der Waals surface area contributed by atoms with Crippen molar-refractivity contribution < 1.29 is 14.3 Å². The minimum atomic E-state index is -0.315. The zero-order chi connectivity index (χ0) is 11.9. The molecule has 0 aromatic heterocycles. The van der Waals surface area contributed by atoms with E-state index in [2.05, 4.69) is 5.32 Å². The molecule has 0 unspecified atom stereocenters. The number of anilines is 1. The molecule has 17 heavy (non-hydrogen) atoms. The molecule has 1 N–H and O–H groups in total. The molecule has 2 aliphatic rings. The molecule has 1 spiro atoms. The van der Waals surface area contributed by atoms with Crippen LogP contribution in [-0.2, 0) is 4.79 Å². The lowest BCUT2D eigenvalue weighted by molar-refractivity contribution is -0.132. The molecule has 1 fully saturated rings. The Morgan fingerprint density at radius 2 is 2.24 bits per heavy atom. The number of amides is 1. The number of hydrogen-bond acceptors (Lipinski definition) is 3. The minimum Gasteiger partial charge on any atom is -0.493 e. The summed E-state index contributed by atoms with van der Waals surface area (Å²) in [7, 11) is 1.60. The molecule has 1 amide bonds. The second-order valence-corrected chi connectivity index (χ2v) is 4.71. The van der Waals surface area contributed by atoms with Crippen LogP contribution in [0.4, 0.5) is 5.69 Å². The Hall–Kier alpha value is -1.71. The van der Waals surface area contributed by atoms with Crippen molar-refractivity contribution in [3.05, 3.63) is 18.2 Å². The van der Waals surface area contributed by atoms with Crippen molar-refractivity contribution in [3.63, 3.8) is 0 Å². The van der Waals surface area contributed by atoms with Gasteiger partial charge in [0.1, 0.15) is 6.61 Å². The Morgan fingerprint density at radius 3 is 2.88 bits per heavy atom. The van der Waals surface area contributed by atoms with Gasteiger partial charge in [0.25, 0.3) is 0 Å². The molecule has 1 aromatic carbocycles. The van der Waals surface area contributed by atoms with Crippen LogP contribution >= 0.6 is 0 Å². The van der Waals surface area contributed by atoms with E-state index in [0.717, 1.165) is 19.3 Å². The molecule has 0 saturated heterocycles. The third kappa shape index (κ3) is 1.47. The molecule has 0 radical (unpaired) electrons. The molecule has 0 atom stereocenters. The summed E-state index contributed by atoms with van der Waals surface area (Å²) in [6.07, 6.45) is 2.93. The zero-order valence-corrected chi connectivity index (χ0v) is 9.79. The van der Waals surface area contributed by atoms with E-state index >= 15 is 0 Å². The SMILES string of the molecule is COc1cccc2c1OCC1(CCC1)C(=O)N2. The first-order valence-corrected chi connectivity index (χ1v) is 5.86. The van der Waals surface area contributed by atoms with E-state index in [1.807, 2.05) is 18.2 Å². The van der Waals surface area contributed by atoms with Gasteiger partial charge in [0.2, 0.25) is 5.91 Å². The van der Waals surface area contributed by atoms with E-state index in [0.29, 0.717) is 23.8 Å². The quantitative estimate of drug-likeness (QED) is 0.808. The molecular weight excluding hydrogens is 218 g/mol. The number of rotatable bonds is 1. The maximum absolute atomic E-state index is 12.1. The zero-order valence-electron chi connectivity index (χ0n) is 9.79. The number of ether oxygens (including phenoxy) is 2. The number of benzene rings is 1. The van der Waals surface area contributed by atoms with Crippen LogP contribution in [0.15, 0.2) is 18.2 Å². The minimum absolute atomic E-state index is 0.0794. The van der Waals surface area contributed by atoms with E-state index in [4.69, 9.17) is 9.47 Å². The number of hydrogen-bond donors (Lipinski definition) is 1. The summed E-state index contributed by atoms with van der Waals surface area (Å²) in [4.78, 5) is 12.1. The Morgan fingerprint density at radius 1 is 1.41 bits per heavy atom. The van der Waals surface area contributed by atoms with Crippen LogP contribution in [0.5, 0.6) is 11.5 Å². The third-order valence-corrected chi connectivity index (χ3v) is 3.73. The summed E-state index contributed by atoms with van der Waals surface area (Å²) in [5, 5.41) is 2.95. The van der Waals surface area contributed by atoms with Gasteiger partial charge in [-0.1, -0.05) is 12.5 Å². The van der Waals surface area contributed by atoms with Crippen molar-refractivity contribution in [2.75, 3.05) is 19.0 Å². The highest BCUT2D eigenvalue weighted by Crippen LogP contribution is 2.47. The summed E-state index contributed by atoms with van der Waals surface area (Å²) in [5.41, 5.74) is 0.391. The lowest BCUT2D eigenvalue weighted by Gasteiger charge is -2.37. The van der Waals surface area contributed by atoms with Gasteiger partial charge in [0.15, 0.2) is 11.5 Å². The molecule has 1 saturated carbocycles. The van der Waals surface area contributed by atoms with Gasteiger partial charge in [-0.2, -0.15) is 0 Å². The largest absolute Gasteiger partial charge is 0.493 e. The van der Waals surface area contributed by atoms with Crippen LogP contribution in [0, 0.1) is 5.41 Å². The van der Waals surface area contributed by atoms with Crippen LogP contribution in [-0.4, -0.2) is 19.6 Å². The maximum Gasteiger partial charge on any atom is 0.234 e. The Labute approximate surface area is 99.9 Å². The van der Waals surface area contributed by atoms with Crippen molar-refractivity contribution in [2.45, 2.75) is 19.3 Å². The van der Waals surface area contributed by atoms with Crippen LogP contribution in [0.3, 0.4) is 0 Å². The molecule has 1 aromatic rings. The molecule has 1 heterocycles. The Balaban J connectivity index is 1.99. The van der Waals surface area contributed by atoms with Crippen LogP contribution < -0.4 is 14.8 Å². The standard InChI is InChI=1S/C13H15NO3/c1-16-10-5-2-4-9-11(10)17-8-13(6-3-7-13)12(15)14-9/h2,4-5H,3,6-8H2,1H3,(H,14,15). The van der Waals surface area contributed by atoms with Crippen LogP contribution in [0.25, 0.3) is 0 Å². The highest BCUT2D eigenvalue weighted by atomic mass is 16.5. The van der Waals surface area contributed by atoms with Gasteiger partial charge in [-0.25, -0.2) is 0 Å². The summed E-state index contributed by atoms with van der Waals surface area (Å²) >= 11 is 0. The lowest BCUT2D eigenvalue weighted by Crippen LogP contribution is -2.45. The predicted octanol–water partition coefficient (Wildman–Crippen LogP) is 2.20.